The fourth-order valence-corrected chi connectivity index (χ4v) is 1.96. The summed E-state index contributed by atoms with van der Waals surface area (Å²) in [7, 11) is 0. The van der Waals surface area contributed by atoms with Gasteiger partial charge in [0.2, 0.25) is 11.1 Å². The van der Waals surface area contributed by atoms with Crippen molar-refractivity contribution >= 4 is 23.4 Å². The molecule has 0 aliphatic heterocycles. The molecule has 7 heteroatoms. The highest BCUT2D eigenvalue weighted by molar-refractivity contribution is 7.99. The molecule has 0 radical (unpaired) electrons. The van der Waals surface area contributed by atoms with E-state index in [1.165, 1.54) is 11.8 Å². The standard InChI is InChI=1S/C11H15N5OS/c1-3-8(2)13-9(17)7-18-11-14-10-12-5-4-6-16(10)15-11/h4-6,8H,3,7H2,1-2H3,(H,13,17). The van der Waals surface area contributed by atoms with Crippen molar-refractivity contribution in [2.45, 2.75) is 31.5 Å². The summed E-state index contributed by atoms with van der Waals surface area (Å²) in [5.41, 5.74) is 0. The Morgan fingerprint density at radius 3 is 3.17 bits per heavy atom. The predicted octanol–water partition coefficient (Wildman–Crippen LogP) is 1.13. The van der Waals surface area contributed by atoms with Gasteiger partial charge in [-0.2, -0.15) is 4.98 Å². The highest BCUT2D eigenvalue weighted by Gasteiger charge is 2.09. The molecule has 0 saturated carbocycles. The zero-order valence-electron chi connectivity index (χ0n) is 10.3. The van der Waals surface area contributed by atoms with Crippen molar-refractivity contribution in [2.24, 2.45) is 0 Å². The average molecular weight is 265 g/mol. The zero-order chi connectivity index (χ0) is 13.0. The maximum atomic E-state index is 11.6. The van der Waals surface area contributed by atoms with Crippen LogP contribution >= 0.6 is 11.8 Å². The van der Waals surface area contributed by atoms with Crippen LogP contribution in [0.25, 0.3) is 5.78 Å². The molecule has 1 unspecified atom stereocenters. The van der Waals surface area contributed by atoms with Crippen LogP contribution in [0.2, 0.25) is 0 Å². The first-order valence-electron chi connectivity index (χ1n) is 5.78. The Morgan fingerprint density at radius 1 is 1.61 bits per heavy atom. The monoisotopic (exact) mass is 265 g/mol. The molecule has 0 bridgehead atoms. The Labute approximate surface area is 109 Å². The number of thioether (sulfide) groups is 1. The summed E-state index contributed by atoms with van der Waals surface area (Å²) in [6.07, 6.45) is 4.36. The third-order valence-corrected chi connectivity index (χ3v) is 3.29. The lowest BCUT2D eigenvalue weighted by Crippen LogP contribution is -2.33. The maximum absolute atomic E-state index is 11.6. The molecule has 6 nitrogen and oxygen atoms in total. The van der Waals surface area contributed by atoms with Gasteiger partial charge in [-0.05, 0) is 19.4 Å². The van der Waals surface area contributed by atoms with Gasteiger partial charge in [0.05, 0.1) is 5.75 Å². The van der Waals surface area contributed by atoms with Gasteiger partial charge in [0.15, 0.2) is 0 Å². The smallest absolute Gasteiger partial charge is 0.253 e. The average Bonchev–Trinajstić information content (AvgIpc) is 2.79. The number of carbonyl (C=O) groups is 1. The highest BCUT2D eigenvalue weighted by atomic mass is 32.2. The van der Waals surface area contributed by atoms with Gasteiger partial charge in [-0.25, -0.2) is 9.50 Å². The first kappa shape index (κ1) is 12.8. The van der Waals surface area contributed by atoms with Gasteiger partial charge in [0, 0.05) is 18.4 Å². The van der Waals surface area contributed by atoms with E-state index in [1.807, 2.05) is 13.8 Å². The summed E-state index contributed by atoms with van der Waals surface area (Å²) in [5, 5.41) is 7.67. The number of rotatable bonds is 5. The minimum absolute atomic E-state index is 0.00108. The van der Waals surface area contributed by atoms with E-state index >= 15 is 0 Å². The van der Waals surface area contributed by atoms with E-state index in [4.69, 9.17) is 0 Å². The summed E-state index contributed by atoms with van der Waals surface area (Å²) in [5.74, 6) is 0.866. The van der Waals surface area contributed by atoms with E-state index < -0.39 is 0 Å². The van der Waals surface area contributed by atoms with Crippen molar-refractivity contribution in [2.75, 3.05) is 5.75 Å². The minimum atomic E-state index is 0.00108. The number of fused-ring (bicyclic) bond motifs is 1. The van der Waals surface area contributed by atoms with Gasteiger partial charge in [0.1, 0.15) is 0 Å². The molecule has 2 rings (SSSR count). The molecule has 2 aromatic rings. The van der Waals surface area contributed by atoms with Crippen molar-refractivity contribution < 1.29 is 4.79 Å². The molecule has 0 fully saturated rings. The Balaban J connectivity index is 1.92. The predicted molar refractivity (Wildman–Crippen MR) is 69.4 cm³/mol. The molecule has 1 atom stereocenters. The van der Waals surface area contributed by atoms with Crippen molar-refractivity contribution in [3.63, 3.8) is 0 Å². The van der Waals surface area contributed by atoms with Crippen LogP contribution in [0.5, 0.6) is 0 Å². The second-order valence-corrected chi connectivity index (χ2v) is 4.87. The summed E-state index contributed by atoms with van der Waals surface area (Å²) < 4.78 is 1.59. The first-order chi connectivity index (χ1) is 8.69. The lowest BCUT2D eigenvalue weighted by molar-refractivity contribution is -0.119. The summed E-state index contributed by atoms with van der Waals surface area (Å²) in [4.78, 5) is 19.9. The quantitative estimate of drug-likeness (QED) is 0.820. The molecule has 0 aliphatic carbocycles. The molecule has 1 N–H and O–H groups in total. The number of hydrogen-bond donors (Lipinski definition) is 1. The van der Waals surface area contributed by atoms with E-state index in [2.05, 4.69) is 20.4 Å². The fraction of sp³-hybridized carbons (Fsp3) is 0.455. The van der Waals surface area contributed by atoms with Crippen molar-refractivity contribution in [3.05, 3.63) is 18.5 Å². The third-order valence-electron chi connectivity index (χ3n) is 2.45. The number of amides is 1. The van der Waals surface area contributed by atoms with Crippen LogP contribution in [-0.2, 0) is 4.79 Å². The second kappa shape index (κ2) is 5.81. The molecule has 1 amide bonds. The molecule has 0 saturated heterocycles. The fourth-order valence-electron chi connectivity index (χ4n) is 1.32. The largest absolute Gasteiger partial charge is 0.353 e. The molecule has 2 heterocycles. The number of carbonyl (C=O) groups excluding carboxylic acids is 1. The van der Waals surface area contributed by atoms with Gasteiger partial charge in [0.25, 0.3) is 5.78 Å². The lowest BCUT2D eigenvalue weighted by Gasteiger charge is -2.09. The van der Waals surface area contributed by atoms with Crippen LogP contribution in [0, 0.1) is 0 Å². The zero-order valence-corrected chi connectivity index (χ0v) is 11.1. The van der Waals surface area contributed by atoms with Crippen LogP contribution in [0.4, 0.5) is 0 Å². The van der Waals surface area contributed by atoms with Crippen LogP contribution in [0.15, 0.2) is 23.6 Å². The van der Waals surface area contributed by atoms with Crippen molar-refractivity contribution in [3.8, 4) is 0 Å². The van der Waals surface area contributed by atoms with Crippen LogP contribution in [0.1, 0.15) is 20.3 Å². The van der Waals surface area contributed by atoms with Gasteiger partial charge in [-0.3, -0.25) is 4.79 Å². The van der Waals surface area contributed by atoms with E-state index in [1.54, 1.807) is 23.0 Å². The molecule has 96 valence electrons. The maximum Gasteiger partial charge on any atom is 0.253 e. The van der Waals surface area contributed by atoms with E-state index in [-0.39, 0.29) is 11.9 Å². The Kier molecular flexibility index (Phi) is 4.14. The van der Waals surface area contributed by atoms with Crippen LogP contribution in [-0.4, -0.2) is 37.3 Å². The Hall–Kier alpha value is -1.63. The second-order valence-electron chi connectivity index (χ2n) is 3.92. The Bertz CT molecular complexity index is 508. The number of nitrogens with one attached hydrogen (secondary N) is 1. The van der Waals surface area contributed by atoms with Crippen LogP contribution in [0.3, 0.4) is 0 Å². The van der Waals surface area contributed by atoms with E-state index in [0.717, 1.165) is 6.42 Å². The molecule has 0 spiro atoms. The molecule has 18 heavy (non-hydrogen) atoms. The first-order valence-corrected chi connectivity index (χ1v) is 6.77. The lowest BCUT2D eigenvalue weighted by atomic mass is 10.3. The van der Waals surface area contributed by atoms with Gasteiger partial charge >= 0.3 is 0 Å². The SMILES string of the molecule is CCC(C)NC(=O)CSc1nc2ncccn2n1. The third kappa shape index (κ3) is 3.19. The summed E-state index contributed by atoms with van der Waals surface area (Å²) in [6.45, 7) is 4.02. The van der Waals surface area contributed by atoms with Crippen molar-refractivity contribution in [1.29, 1.82) is 0 Å². The van der Waals surface area contributed by atoms with Crippen LogP contribution < -0.4 is 5.32 Å². The van der Waals surface area contributed by atoms with Crippen molar-refractivity contribution in [1.82, 2.24) is 24.9 Å². The van der Waals surface area contributed by atoms with Gasteiger partial charge in [-0.1, -0.05) is 18.7 Å². The molecule has 2 aromatic heterocycles. The highest BCUT2D eigenvalue weighted by Crippen LogP contribution is 2.12. The summed E-state index contributed by atoms with van der Waals surface area (Å²) in [6, 6.07) is 1.99. The minimum Gasteiger partial charge on any atom is -0.353 e. The van der Waals surface area contributed by atoms with E-state index in [9.17, 15) is 4.79 Å². The number of nitrogens with zero attached hydrogens (tertiary/aromatic N) is 4. The number of hydrogen-bond acceptors (Lipinski definition) is 5. The topological polar surface area (TPSA) is 72.2 Å². The van der Waals surface area contributed by atoms with Gasteiger partial charge in [-0.15, -0.1) is 5.10 Å². The summed E-state index contributed by atoms with van der Waals surface area (Å²) >= 11 is 1.31. The normalized spacial score (nSPS) is 12.6. The van der Waals surface area contributed by atoms with Gasteiger partial charge < -0.3 is 5.32 Å². The molecule has 0 aliphatic rings. The molecular weight excluding hydrogens is 250 g/mol. The molecule has 0 aromatic carbocycles. The molecular formula is C11H15N5OS. The Morgan fingerprint density at radius 2 is 2.44 bits per heavy atom. The van der Waals surface area contributed by atoms with E-state index in [0.29, 0.717) is 16.7 Å². The number of aromatic nitrogens is 4.